The van der Waals surface area contributed by atoms with Crippen LogP contribution in [0.3, 0.4) is 0 Å². The van der Waals surface area contributed by atoms with Gasteiger partial charge < -0.3 is 15.1 Å². The molecule has 0 saturated carbocycles. The van der Waals surface area contributed by atoms with Crippen LogP contribution in [0.2, 0.25) is 0 Å². The van der Waals surface area contributed by atoms with Crippen LogP contribution in [0.15, 0.2) is 30.4 Å². The van der Waals surface area contributed by atoms with E-state index in [1.165, 1.54) is 23.1 Å². The van der Waals surface area contributed by atoms with Gasteiger partial charge in [0.25, 0.3) is 0 Å². The van der Waals surface area contributed by atoms with E-state index in [-0.39, 0.29) is 31.6 Å². The Hall–Kier alpha value is -2.50. The number of rotatable bonds is 9. The number of phenols is 1. The van der Waals surface area contributed by atoms with Crippen molar-refractivity contribution in [2.45, 2.75) is 18.9 Å². The van der Waals surface area contributed by atoms with Gasteiger partial charge in [-0.05, 0) is 24.1 Å². The standard InChI is InChI=1S/C17H22FN3O6S/c1-2-17(25,12-5-6-13(18)14(22)9-12)11-19-28(26,27)8-4-3-7-21-10-15(23)20-16(21)24/h3-6,9,19,22,25H,2,7-8,10-11H2,1H3,(H,20,23,24)/b4-3+/t17-/m1/s1. The highest BCUT2D eigenvalue weighted by atomic mass is 32.2. The number of carbonyl (C=O) groups is 2. The van der Waals surface area contributed by atoms with Crippen molar-refractivity contribution in [2.24, 2.45) is 0 Å². The second-order valence-corrected chi connectivity index (χ2v) is 8.21. The highest BCUT2D eigenvalue weighted by molar-refractivity contribution is 7.89. The first kappa shape index (κ1) is 21.8. The molecule has 4 N–H and O–H groups in total. The molecule has 0 aliphatic carbocycles. The van der Waals surface area contributed by atoms with E-state index >= 15 is 0 Å². The first-order chi connectivity index (χ1) is 13.1. The monoisotopic (exact) mass is 415 g/mol. The number of amides is 3. The second kappa shape index (κ2) is 8.67. The quantitative estimate of drug-likeness (QED) is 0.335. The molecule has 1 heterocycles. The zero-order chi connectivity index (χ0) is 20.9. The Morgan fingerprint density at radius 2 is 2.07 bits per heavy atom. The predicted molar refractivity (Wildman–Crippen MR) is 98.3 cm³/mol. The maximum atomic E-state index is 13.2. The molecular formula is C17H22FN3O6S. The topological polar surface area (TPSA) is 136 Å². The number of carbonyl (C=O) groups excluding carboxylic acids is 2. The minimum absolute atomic E-state index is 0.0811. The Morgan fingerprint density at radius 1 is 1.36 bits per heavy atom. The summed E-state index contributed by atoms with van der Waals surface area (Å²) in [7, 11) is -3.79. The largest absolute Gasteiger partial charge is 0.505 e. The molecule has 2 rings (SSSR count). The molecule has 11 heteroatoms. The lowest BCUT2D eigenvalue weighted by molar-refractivity contribution is -0.118. The van der Waals surface area contributed by atoms with Gasteiger partial charge in [0.05, 0.1) is 5.75 Å². The number of imide groups is 1. The molecule has 0 unspecified atom stereocenters. The van der Waals surface area contributed by atoms with Crippen molar-refractivity contribution in [1.82, 2.24) is 14.9 Å². The van der Waals surface area contributed by atoms with Crippen LogP contribution >= 0.6 is 0 Å². The van der Waals surface area contributed by atoms with Gasteiger partial charge in [0.1, 0.15) is 12.1 Å². The number of aromatic hydroxyl groups is 1. The lowest BCUT2D eigenvalue weighted by Crippen LogP contribution is -2.41. The summed E-state index contributed by atoms with van der Waals surface area (Å²) in [5.74, 6) is -2.30. The molecule has 1 saturated heterocycles. The fraction of sp³-hybridized carbons (Fsp3) is 0.412. The summed E-state index contributed by atoms with van der Waals surface area (Å²) in [6.07, 6.45) is 2.89. The van der Waals surface area contributed by atoms with Crippen LogP contribution < -0.4 is 10.0 Å². The minimum atomic E-state index is -3.79. The predicted octanol–water partition coefficient (Wildman–Crippen LogP) is 0.156. The third-order valence-electron chi connectivity index (χ3n) is 4.33. The summed E-state index contributed by atoms with van der Waals surface area (Å²) in [4.78, 5) is 23.6. The van der Waals surface area contributed by atoms with Crippen LogP contribution in [0.4, 0.5) is 9.18 Å². The fourth-order valence-electron chi connectivity index (χ4n) is 2.55. The smallest absolute Gasteiger partial charge is 0.324 e. The van der Waals surface area contributed by atoms with Crippen LogP contribution in [0, 0.1) is 5.82 Å². The average Bonchev–Trinajstić information content (AvgIpc) is 2.96. The number of halogens is 1. The Kier molecular flexibility index (Phi) is 6.75. The molecule has 0 bridgehead atoms. The number of hydrogen-bond donors (Lipinski definition) is 4. The number of aliphatic hydroxyl groups is 1. The van der Waals surface area contributed by atoms with Gasteiger partial charge in [0.2, 0.25) is 15.9 Å². The van der Waals surface area contributed by atoms with Crippen molar-refractivity contribution in [1.29, 1.82) is 0 Å². The van der Waals surface area contributed by atoms with Gasteiger partial charge in [-0.25, -0.2) is 22.3 Å². The summed E-state index contributed by atoms with van der Waals surface area (Å²) in [5, 5.41) is 22.3. The summed E-state index contributed by atoms with van der Waals surface area (Å²) in [6.45, 7) is 1.26. The summed E-state index contributed by atoms with van der Waals surface area (Å²) in [6, 6.07) is 2.78. The molecule has 1 aromatic rings. The molecule has 1 fully saturated rings. The average molecular weight is 415 g/mol. The van der Waals surface area contributed by atoms with Crippen molar-refractivity contribution >= 4 is 22.0 Å². The highest BCUT2D eigenvalue weighted by Crippen LogP contribution is 2.28. The molecule has 28 heavy (non-hydrogen) atoms. The first-order valence-electron chi connectivity index (χ1n) is 8.49. The molecule has 1 atom stereocenters. The zero-order valence-electron chi connectivity index (χ0n) is 15.2. The molecule has 154 valence electrons. The van der Waals surface area contributed by atoms with Gasteiger partial charge in [-0.3, -0.25) is 10.1 Å². The summed E-state index contributed by atoms with van der Waals surface area (Å²) < 4.78 is 39.7. The van der Waals surface area contributed by atoms with Crippen molar-refractivity contribution in [3.63, 3.8) is 0 Å². The van der Waals surface area contributed by atoms with E-state index in [1.807, 2.05) is 0 Å². The number of hydrogen-bond acceptors (Lipinski definition) is 6. The van der Waals surface area contributed by atoms with Crippen LogP contribution in [-0.2, 0) is 20.4 Å². The SMILES string of the molecule is CC[C@@](O)(CNS(=O)(=O)C/C=C/CN1CC(=O)NC1=O)c1ccc(F)c(O)c1. The Morgan fingerprint density at radius 3 is 2.64 bits per heavy atom. The summed E-state index contributed by atoms with van der Waals surface area (Å²) >= 11 is 0. The Balaban J connectivity index is 1.93. The van der Waals surface area contributed by atoms with Gasteiger partial charge in [-0.15, -0.1) is 0 Å². The zero-order valence-corrected chi connectivity index (χ0v) is 16.0. The molecule has 0 spiro atoms. The number of benzene rings is 1. The molecule has 9 nitrogen and oxygen atoms in total. The Bertz CT molecular complexity index is 889. The molecule has 1 aliphatic rings. The van der Waals surface area contributed by atoms with Crippen LogP contribution in [0.25, 0.3) is 0 Å². The van der Waals surface area contributed by atoms with Crippen LogP contribution in [0.1, 0.15) is 18.9 Å². The van der Waals surface area contributed by atoms with Crippen molar-refractivity contribution in [3.8, 4) is 5.75 Å². The number of phenolic OH excluding ortho intramolecular Hbond substituents is 1. The van der Waals surface area contributed by atoms with E-state index in [9.17, 15) is 32.6 Å². The van der Waals surface area contributed by atoms with Gasteiger partial charge >= 0.3 is 6.03 Å². The van der Waals surface area contributed by atoms with Crippen molar-refractivity contribution < 1.29 is 32.6 Å². The number of nitrogens with one attached hydrogen (secondary N) is 2. The minimum Gasteiger partial charge on any atom is -0.505 e. The maximum Gasteiger partial charge on any atom is 0.324 e. The maximum absolute atomic E-state index is 13.2. The number of sulfonamides is 1. The third-order valence-corrected chi connectivity index (χ3v) is 5.54. The van der Waals surface area contributed by atoms with E-state index in [4.69, 9.17) is 0 Å². The number of urea groups is 1. The molecule has 0 aromatic heterocycles. The Labute approximate surface area is 161 Å². The lowest BCUT2D eigenvalue weighted by atomic mass is 9.91. The van der Waals surface area contributed by atoms with Crippen molar-refractivity contribution in [3.05, 3.63) is 41.7 Å². The van der Waals surface area contributed by atoms with Gasteiger partial charge in [0.15, 0.2) is 11.6 Å². The van der Waals surface area contributed by atoms with Crippen LogP contribution in [0.5, 0.6) is 5.75 Å². The van der Waals surface area contributed by atoms with Gasteiger partial charge in [0, 0.05) is 13.1 Å². The molecule has 1 aromatic carbocycles. The molecular weight excluding hydrogens is 393 g/mol. The van der Waals surface area contributed by atoms with E-state index < -0.39 is 44.9 Å². The normalized spacial score (nSPS) is 17.2. The molecule has 0 radical (unpaired) electrons. The third kappa shape index (κ3) is 5.50. The van der Waals surface area contributed by atoms with Gasteiger partial charge in [-0.1, -0.05) is 25.1 Å². The van der Waals surface area contributed by atoms with E-state index in [0.29, 0.717) is 0 Å². The van der Waals surface area contributed by atoms with Crippen LogP contribution in [-0.4, -0.2) is 60.9 Å². The fourth-order valence-corrected chi connectivity index (χ4v) is 3.51. The van der Waals surface area contributed by atoms with Crippen molar-refractivity contribution in [2.75, 3.05) is 25.4 Å². The highest BCUT2D eigenvalue weighted by Gasteiger charge is 2.30. The van der Waals surface area contributed by atoms with E-state index in [0.717, 1.165) is 12.1 Å². The van der Waals surface area contributed by atoms with E-state index in [2.05, 4.69) is 10.0 Å². The lowest BCUT2D eigenvalue weighted by Gasteiger charge is -2.27. The molecule has 1 aliphatic heterocycles. The van der Waals surface area contributed by atoms with E-state index in [1.54, 1.807) is 6.92 Å². The first-order valence-corrected chi connectivity index (χ1v) is 10.1. The number of nitrogens with zero attached hydrogens (tertiary/aromatic N) is 1. The second-order valence-electron chi connectivity index (χ2n) is 6.36. The molecule has 3 amide bonds. The van der Waals surface area contributed by atoms with Gasteiger partial charge in [-0.2, -0.15) is 0 Å². The summed E-state index contributed by atoms with van der Waals surface area (Å²) in [5.41, 5.74) is -1.45.